The molecular formula is C19H16N4OS. The molecule has 0 aliphatic heterocycles. The average molecular weight is 348 g/mol. The summed E-state index contributed by atoms with van der Waals surface area (Å²) in [7, 11) is -1.06. The van der Waals surface area contributed by atoms with Crippen LogP contribution in [0, 0.1) is 0 Å². The zero-order valence-corrected chi connectivity index (χ0v) is 14.2. The van der Waals surface area contributed by atoms with Crippen LogP contribution in [-0.4, -0.2) is 19.2 Å². The van der Waals surface area contributed by atoms with Gasteiger partial charge < -0.3 is 10.3 Å². The van der Waals surface area contributed by atoms with Crippen LogP contribution in [0.1, 0.15) is 5.56 Å². The number of H-pyrrole nitrogens is 1. The number of anilines is 2. The van der Waals surface area contributed by atoms with Crippen LogP contribution in [0.25, 0.3) is 11.0 Å². The molecule has 0 saturated carbocycles. The third-order valence-corrected chi connectivity index (χ3v) is 5.24. The predicted octanol–water partition coefficient (Wildman–Crippen LogP) is 4.01. The highest BCUT2D eigenvalue weighted by Gasteiger charge is 2.07. The molecule has 0 saturated heterocycles. The summed E-state index contributed by atoms with van der Waals surface area (Å²) in [6, 6.07) is 19.4. The number of aromatic amines is 1. The summed E-state index contributed by atoms with van der Waals surface area (Å²) in [6.07, 6.45) is 3.36. The van der Waals surface area contributed by atoms with Crippen molar-refractivity contribution in [3.05, 3.63) is 78.8 Å². The molecule has 2 heterocycles. The molecule has 1 atom stereocenters. The lowest BCUT2D eigenvalue weighted by molar-refractivity contribution is 0.682. The van der Waals surface area contributed by atoms with Crippen molar-refractivity contribution in [2.45, 2.75) is 10.6 Å². The van der Waals surface area contributed by atoms with Gasteiger partial charge in [0, 0.05) is 16.8 Å². The van der Waals surface area contributed by atoms with Crippen LogP contribution < -0.4 is 5.32 Å². The number of rotatable bonds is 5. The molecule has 0 fully saturated rings. The second-order valence-corrected chi connectivity index (χ2v) is 7.04. The molecule has 1 unspecified atom stereocenters. The van der Waals surface area contributed by atoms with E-state index in [9.17, 15) is 4.21 Å². The minimum absolute atomic E-state index is 0.475. The molecule has 124 valence electrons. The Balaban J connectivity index is 1.55. The van der Waals surface area contributed by atoms with Crippen LogP contribution in [0.3, 0.4) is 0 Å². The molecule has 0 aliphatic rings. The first-order chi connectivity index (χ1) is 12.3. The van der Waals surface area contributed by atoms with Crippen molar-refractivity contribution >= 4 is 33.3 Å². The van der Waals surface area contributed by atoms with Gasteiger partial charge in [0.2, 0.25) is 0 Å². The third-order valence-electron chi connectivity index (χ3n) is 3.85. The Bertz CT molecular complexity index is 1030. The SMILES string of the molecule is O=S(Cc1cccc(Nc2ncnc3[nH]ccc23)c1)c1ccccc1. The highest BCUT2D eigenvalue weighted by molar-refractivity contribution is 7.84. The highest BCUT2D eigenvalue weighted by atomic mass is 32.2. The van der Waals surface area contributed by atoms with Gasteiger partial charge in [-0.1, -0.05) is 30.3 Å². The second kappa shape index (κ2) is 6.86. The number of fused-ring (bicyclic) bond motifs is 1. The highest BCUT2D eigenvalue weighted by Crippen LogP contribution is 2.23. The van der Waals surface area contributed by atoms with E-state index in [1.807, 2.05) is 66.9 Å². The summed E-state index contributed by atoms with van der Waals surface area (Å²) >= 11 is 0. The summed E-state index contributed by atoms with van der Waals surface area (Å²) in [5.41, 5.74) is 2.70. The molecule has 0 radical (unpaired) electrons. The molecule has 2 aromatic heterocycles. The molecule has 2 aromatic carbocycles. The van der Waals surface area contributed by atoms with Crippen LogP contribution in [0.5, 0.6) is 0 Å². The zero-order chi connectivity index (χ0) is 17.1. The fourth-order valence-electron chi connectivity index (χ4n) is 2.65. The van der Waals surface area contributed by atoms with Gasteiger partial charge in [0.25, 0.3) is 0 Å². The van der Waals surface area contributed by atoms with Crippen molar-refractivity contribution in [3.63, 3.8) is 0 Å². The molecule has 6 heteroatoms. The minimum atomic E-state index is -1.06. The number of nitrogens with zero attached hydrogens (tertiary/aromatic N) is 2. The average Bonchev–Trinajstić information content (AvgIpc) is 3.13. The minimum Gasteiger partial charge on any atom is -0.346 e. The topological polar surface area (TPSA) is 70.7 Å². The number of aromatic nitrogens is 3. The van der Waals surface area contributed by atoms with E-state index in [1.54, 1.807) is 0 Å². The van der Waals surface area contributed by atoms with Gasteiger partial charge in [-0.3, -0.25) is 4.21 Å². The van der Waals surface area contributed by atoms with Crippen LogP contribution in [0.2, 0.25) is 0 Å². The summed E-state index contributed by atoms with van der Waals surface area (Å²) in [4.78, 5) is 12.4. The Hall–Kier alpha value is -2.99. The lowest BCUT2D eigenvalue weighted by Gasteiger charge is -2.09. The van der Waals surface area contributed by atoms with Gasteiger partial charge in [-0.25, -0.2) is 9.97 Å². The van der Waals surface area contributed by atoms with Gasteiger partial charge in [0.15, 0.2) is 0 Å². The van der Waals surface area contributed by atoms with E-state index in [-0.39, 0.29) is 0 Å². The molecule has 4 aromatic rings. The van der Waals surface area contributed by atoms with Crippen molar-refractivity contribution in [1.29, 1.82) is 0 Å². The van der Waals surface area contributed by atoms with E-state index in [2.05, 4.69) is 20.3 Å². The number of benzene rings is 2. The van der Waals surface area contributed by atoms with Crippen LogP contribution in [0.4, 0.5) is 11.5 Å². The Morgan fingerprint density at radius 3 is 2.76 bits per heavy atom. The van der Waals surface area contributed by atoms with Gasteiger partial charge in [-0.15, -0.1) is 0 Å². The number of nitrogens with one attached hydrogen (secondary N) is 2. The molecule has 25 heavy (non-hydrogen) atoms. The van der Waals surface area contributed by atoms with Gasteiger partial charge in [0.05, 0.1) is 21.9 Å². The van der Waals surface area contributed by atoms with Crippen molar-refractivity contribution in [3.8, 4) is 0 Å². The molecule has 0 spiro atoms. The predicted molar refractivity (Wildman–Crippen MR) is 100 cm³/mol. The summed E-state index contributed by atoms with van der Waals surface area (Å²) in [5, 5.41) is 4.25. The van der Waals surface area contributed by atoms with E-state index in [0.29, 0.717) is 5.75 Å². The first-order valence-corrected chi connectivity index (χ1v) is 9.19. The van der Waals surface area contributed by atoms with Crippen LogP contribution in [0.15, 0.2) is 78.1 Å². The monoisotopic (exact) mass is 348 g/mol. The van der Waals surface area contributed by atoms with Crippen molar-refractivity contribution < 1.29 is 4.21 Å². The van der Waals surface area contributed by atoms with E-state index in [4.69, 9.17) is 0 Å². The van der Waals surface area contributed by atoms with E-state index in [1.165, 1.54) is 6.33 Å². The van der Waals surface area contributed by atoms with Crippen molar-refractivity contribution in [2.24, 2.45) is 0 Å². The van der Waals surface area contributed by atoms with E-state index >= 15 is 0 Å². The fraction of sp³-hybridized carbons (Fsp3) is 0.0526. The molecule has 0 amide bonds. The fourth-order valence-corrected chi connectivity index (χ4v) is 3.76. The molecule has 2 N–H and O–H groups in total. The lowest BCUT2D eigenvalue weighted by atomic mass is 10.2. The van der Waals surface area contributed by atoms with Gasteiger partial charge in [-0.05, 0) is 35.9 Å². The molecule has 0 aliphatic carbocycles. The summed E-state index contributed by atoms with van der Waals surface area (Å²) in [6.45, 7) is 0. The summed E-state index contributed by atoms with van der Waals surface area (Å²) in [5.74, 6) is 1.22. The van der Waals surface area contributed by atoms with E-state index < -0.39 is 10.8 Å². The maximum absolute atomic E-state index is 12.5. The Kier molecular flexibility index (Phi) is 4.26. The van der Waals surface area contributed by atoms with Crippen LogP contribution in [-0.2, 0) is 16.6 Å². The number of hydrogen-bond donors (Lipinski definition) is 2. The molecule has 5 nitrogen and oxygen atoms in total. The van der Waals surface area contributed by atoms with E-state index in [0.717, 1.165) is 33.0 Å². The van der Waals surface area contributed by atoms with Crippen molar-refractivity contribution in [2.75, 3.05) is 5.32 Å². The Morgan fingerprint density at radius 2 is 1.88 bits per heavy atom. The first kappa shape index (κ1) is 15.5. The first-order valence-electron chi connectivity index (χ1n) is 7.87. The Morgan fingerprint density at radius 1 is 1.00 bits per heavy atom. The smallest absolute Gasteiger partial charge is 0.143 e. The zero-order valence-electron chi connectivity index (χ0n) is 13.3. The molecule has 0 bridgehead atoms. The van der Waals surface area contributed by atoms with Gasteiger partial charge in [-0.2, -0.15) is 0 Å². The maximum Gasteiger partial charge on any atom is 0.143 e. The standard InChI is InChI=1S/C19H16N4OS/c24-25(16-7-2-1-3-8-16)12-14-5-4-6-15(11-14)23-19-17-9-10-20-18(17)21-13-22-19/h1-11,13H,12H2,(H2,20,21,22,23). The van der Waals surface area contributed by atoms with Crippen molar-refractivity contribution in [1.82, 2.24) is 15.0 Å². The maximum atomic E-state index is 12.5. The lowest BCUT2D eigenvalue weighted by Crippen LogP contribution is -1.99. The van der Waals surface area contributed by atoms with Crippen LogP contribution >= 0.6 is 0 Å². The van der Waals surface area contributed by atoms with Gasteiger partial charge >= 0.3 is 0 Å². The second-order valence-electron chi connectivity index (χ2n) is 5.59. The summed E-state index contributed by atoms with van der Waals surface area (Å²) < 4.78 is 12.5. The van der Waals surface area contributed by atoms with Gasteiger partial charge in [0.1, 0.15) is 17.8 Å². The normalized spacial score (nSPS) is 12.2. The molecular weight excluding hydrogens is 332 g/mol. The quantitative estimate of drug-likeness (QED) is 0.572. The third kappa shape index (κ3) is 3.44. The Labute approximate surface area is 147 Å². The largest absolute Gasteiger partial charge is 0.346 e. The number of hydrogen-bond acceptors (Lipinski definition) is 4. The molecule has 4 rings (SSSR count).